The van der Waals surface area contributed by atoms with Crippen LogP contribution in [-0.2, 0) is 6.54 Å². The molecule has 0 spiro atoms. The molecular weight excluding hydrogens is 425 g/mol. The molecule has 2 aromatic carbocycles. The maximum atomic E-state index is 5.33. The minimum atomic E-state index is 0. The van der Waals surface area contributed by atoms with Gasteiger partial charge >= 0.3 is 0 Å². The van der Waals surface area contributed by atoms with E-state index in [-0.39, 0.29) is 30.0 Å². The number of rotatable bonds is 5. The van der Waals surface area contributed by atoms with Crippen LogP contribution in [0.1, 0.15) is 35.2 Å². The van der Waals surface area contributed by atoms with E-state index in [0.717, 1.165) is 11.7 Å². The van der Waals surface area contributed by atoms with E-state index in [9.17, 15) is 0 Å². The standard InChI is InChI=1S/C20H27N3O.HI/c1-14-10-17(12-18(11-14)24-5)13-22-20(21-4)23-16(3)19-9-7-6-8-15(19)2;/h6-12,16H,13H2,1-5H3,(H2,21,22,23);1H. The number of guanidine groups is 1. The molecule has 2 aromatic rings. The lowest BCUT2D eigenvalue weighted by Gasteiger charge is -2.20. The van der Waals surface area contributed by atoms with Gasteiger partial charge in [-0.05, 0) is 55.2 Å². The predicted octanol–water partition coefficient (Wildman–Crippen LogP) is 4.36. The molecule has 25 heavy (non-hydrogen) atoms. The van der Waals surface area contributed by atoms with Gasteiger partial charge < -0.3 is 15.4 Å². The Balaban J connectivity index is 0.00000312. The number of benzene rings is 2. The van der Waals surface area contributed by atoms with Crippen LogP contribution in [0.4, 0.5) is 0 Å². The summed E-state index contributed by atoms with van der Waals surface area (Å²) in [7, 11) is 3.48. The van der Waals surface area contributed by atoms with E-state index in [1.807, 2.05) is 12.1 Å². The molecule has 0 aliphatic rings. The van der Waals surface area contributed by atoms with Crippen molar-refractivity contribution in [1.29, 1.82) is 0 Å². The summed E-state index contributed by atoms with van der Waals surface area (Å²) < 4.78 is 5.33. The third-order valence-electron chi connectivity index (χ3n) is 4.04. The van der Waals surface area contributed by atoms with Gasteiger partial charge in [0.25, 0.3) is 0 Å². The Labute approximate surface area is 168 Å². The van der Waals surface area contributed by atoms with Crippen LogP contribution in [0.25, 0.3) is 0 Å². The zero-order valence-electron chi connectivity index (χ0n) is 15.6. The van der Waals surface area contributed by atoms with E-state index in [4.69, 9.17) is 4.74 Å². The second-order valence-corrected chi connectivity index (χ2v) is 6.01. The number of ether oxygens (including phenoxy) is 1. The SMILES string of the molecule is CN=C(NCc1cc(C)cc(OC)c1)NC(C)c1ccccc1C.I. The second-order valence-electron chi connectivity index (χ2n) is 6.01. The molecule has 0 heterocycles. The Hall–Kier alpha value is -1.76. The van der Waals surface area contributed by atoms with Crippen molar-refractivity contribution in [2.45, 2.75) is 33.4 Å². The van der Waals surface area contributed by atoms with E-state index in [0.29, 0.717) is 6.54 Å². The summed E-state index contributed by atoms with van der Waals surface area (Å²) in [6.45, 7) is 7.03. The van der Waals surface area contributed by atoms with Crippen molar-refractivity contribution in [2.75, 3.05) is 14.2 Å². The molecule has 0 aliphatic carbocycles. The lowest BCUT2D eigenvalue weighted by atomic mass is 10.0. The lowest BCUT2D eigenvalue weighted by molar-refractivity contribution is 0.414. The van der Waals surface area contributed by atoms with Crippen LogP contribution < -0.4 is 15.4 Å². The van der Waals surface area contributed by atoms with Crippen molar-refractivity contribution in [3.05, 3.63) is 64.7 Å². The molecule has 5 heteroatoms. The van der Waals surface area contributed by atoms with Crippen LogP contribution >= 0.6 is 24.0 Å². The van der Waals surface area contributed by atoms with Gasteiger partial charge in [-0.25, -0.2) is 0 Å². The molecule has 0 saturated heterocycles. The van der Waals surface area contributed by atoms with Gasteiger partial charge in [0, 0.05) is 13.6 Å². The fourth-order valence-corrected chi connectivity index (χ4v) is 2.78. The number of halogens is 1. The zero-order chi connectivity index (χ0) is 17.5. The van der Waals surface area contributed by atoms with E-state index in [2.05, 4.69) is 66.7 Å². The van der Waals surface area contributed by atoms with Gasteiger partial charge in [-0.1, -0.05) is 30.3 Å². The third-order valence-corrected chi connectivity index (χ3v) is 4.04. The zero-order valence-corrected chi connectivity index (χ0v) is 17.9. The van der Waals surface area contributed by atoms with Gasteiger partial charge in [0.2, 0.25) is 0 Å². The van der Waals surface area contributed by atoms with Crippen LogP contribution in [0, 0.1) is 13.8 Å². The van der Waals surface area contributed by atoms with Gasteiger partial charge in [0.05, 0.1) is 13.2 Å². The summed E-state index contributed by atoms with van der Waals surface area (Å²) in [5.41, 5.74) is 4.90. The molecule has 1 unspecified atom stereocenters. The molecule has 0 aliphatic heterocycles. The van der Waals surface area contributed by atoms with Gasteiger partial charge in [0.1, 0.15) is 5.75 Å². The Morgan fingerprint density at radius 3 is 2.52 bits per heavy atom. The highest BCUT2D eigenvalue weighted by atomic mass is 127. The van der Waals surface area contributed by atoms with Crippen LogP contribution in [0.3, 0.4) is 0 Å². The normalized spacial score (nSPS) is 12.1. The first-order chi connectivity index (χ1) is 11.5. The summed E-state index contributed by atoms with van der Waals surface area (Å²) in [4.78, 5) is 4.33. The van der Waals surface area contributed by atoms with E-state index >= 15 is 0 Å². The molecule has 0 fully saturated rings. The molecule has 136 valence electrons. The fraction of sp³-hybridized carbons (Fsp3) is 0.350. The van der Waals surface area contributed by atoms with Crippen molar-refractivity contribution >= 4 is 29.9 Å². The van der Waals surface area contributed by atoms with Crippen molar-refractivity contribution in [1.82, 2.24) is 10.6 Å². The third kappa shape index (κ3) is 6.23. The van der Waals surface area contributed by atoms with Crippen molar-refractivity contribution in [3.63, 3.8) is 0 Å². The average Bonchev–Trinajstić information content (AvgIpc) is 2.58. The number of nitrogens with one attached hydrogen (secondary N) is 2. The number of nitrogens with zero attached hydrogens (tertiary/aromatic N) is 1. The summed E-state index contributed by atoms with van der Waals surface area (Å²) in [6, 6.07) is 14.8. The fourth-order valence-electron chi connectivity index (χ4n) is 2.78. The highest BCUT2D eigenvalue weighted by molar-refractivity contribution is 14.0. The predicted molar refractivity (Wildman–Crippen MR) is 116 cm³/mol. The smallest absolute Gasteiger partial charge is 0.191 e. The van der Waals surface area contributed by atoms with Crippen LogP contribution in [0.5, 0.6) is 5.75 Å². The molecule has 0 bridgehead atoms. The monoisotopic (exact) mass is 453 g/mol. The summed E-state index contributed by atoms with van der Waals surface area (Å²) >= 11 is 0. The van der Waals surface area contributed by atoms with E-state index in [1.54, 1.807) is 14.2 Å². The topological polar surface area (TPSA) is 45.7 Å². The number of aliphatic imine (C=N–C) groups is 1. The van der Waals surface area contributed by atoms with Crippen LogP contribution in [0.2, 0.25) is 0 Å². The maximum absolute atomic E-state index is 5.33. The molecule has 4 nitrogen and oxygen atoms in total. The Bertz CT molecular complexity index is 716. The minimum absolute atomic E-state index is 0. The first kappa shape index (κ1) is 21.3. The molecule has 0 saturated carbocycles. The minimum Gasteiger partial charge on any atom is -0.497 e. The largest absolute Gasteiger partial charge is 0.497 e. The molecule has 0 amide bonds. The number of hydrogen-bond acceptors (Lipinski definition) is 2. The van der Waals surface area contributed by atoms with Crippen molar-refractivity contribution in [2.24, 2.45) is 4.99 Å². The van der Waals surface area contributed by atoms with Gasteiger partial charge in [-0.2, -0.15) is 0 Å². The van der Waals surface area contributed by atoms with Crippen LogP contribution in [-0.4, -0.2) is 20.1 Å². The van der Waals surface area contributed by atoms with Crippen LogP contribution in [0.15, 0.2) is 47.5 Å². The van der Waals surface area contributed by atoms with Crippen molar-refractivity contribution in [3.8, 4) is 5.75 Å². The number of aryl methyl sites for hydroxylation is 2. The Morgan fingerprint density at radius 2 is 1.88 bits per heavy atom. The first-order valence-electron chi connectivity index (χ1n) is 8.20. The van der Waals surface area contributed by atoms with Gasteiger partial charge in [0.15, 0.2) is 5.96 Å². The highest BCUT2D eigenvalue weighted by Crippen LogP contribution is 2.17. The van der Waals surface area contributed by atoms with Crippen molar-refractivity contribution < 1.29 is 4.74 Å². The molecule has 0 radical (unpaired) electrons. The average molecular weight is 453 g/mol. The van der Waals surface area contributed by atoms with E-state index < -0.39 is 0 Å². The second kappa shape index (κ2) is 10.3. The summed E-state index contributed by atoms with van der Waals surface area (Å²) in [5, 5.41) is 6.81. The highest BCUT2D eigenvalue weighted by Gasteiger charge is 2.10. The summed E-state index contributed by atoms with van der Waals surface area (Å²) in [6.07, 6.45) is 0. The number of hydrogen-bond donors (Lipinski definition) is 2. The quantitative estimate of drug-likeness (QED) is 0.402. The lowest BCUT2D eigenvalue weighted by Crippen LogP contribution is -2.38. The molecule has 0 aromatic heterocycles. The molecule has 1 atom stereocenters. The maximum Gasteiger partial charge on any atom is 0.191 e. The van der Waals surface area contributed by atoms with Gasteiger partial charge in [-0.15, -0.1) is 24.0 Å². The molecular formula is C20H28IN3O. The van der Waals surface area contributed by atoms with E-state index in [1.165, 1.54) is 22.3 Å². The Kier molecular flexibility index (Phi) is 8.75. The molecule has 2 rings (SSSR count). The summed E-state index contributed by atoms with van der Waals surface area (Å²) in [5.74, 6) is 1.66. The number of methoxy groups -OCH3 is 1. The van der Waals surface area contributed by atoms with Gasteiger partial charge in [-0.3, -0.25) is 4.99 Å². The first-order valence-corrected chi connectivity index (χ1v) is 8.20. The molecule has 2 N–H and O–H groups in total. The Morgan fingerprint density at radius 1 is 1.16 bits per heavy atom.